The van der Waals surface area contributed by atoms with E-state index in [1.807, 2.05) is 6.92 Å². The normalized spacial score (nSPS) is 13.8. The Hall–Kier alpha value is -2.58. The van der Waals surface area contributed by atoms with Gasteiger partial charge < -0.3 is 0 Å². The van der Waals surface area contributed by atoms with Crippen molar-refractivity contribution in [1.29, 1.82) is 0 Å². The summed E-state index contributed by atoms with van der Waals surface area (Å²) < 4.78 is 28.0. The van der Waals surface area contributed by atoms with Crippen LogP contribution in [0, 0.1) is 23.0 Å². The first-order valence-electron chi connectivity index (χ1n) is 7.95. The first-order chi connectivity index (χ1) is 12.1. The molecule has 0 amide bonds. The Bertz CT molecular complexity index is 906. The van der Waals surface area contributed by atoms with Gasteiger partial charge in [0.1, 0.15) is 5.78 Å². The molecule has 2 atom stereocenters. The molecule has 0 aliphatic carbocycles. The van der Waals surface area contributed by atoms with Crippen LogP contribution in [0.25, 0.3) is 0 Å². The number of non-ortho nitro benzene ring substituents is 1. The summed E-state index contributed by atoms with van der Waals surface area (Å²) in [5, 5.41) is 10.8. The molecule has 2 aromatic carbocycles. The lowest BCUT2D eigenvalue weighted by Gasteiger charge is -2.24. The van der Waals surface area contributed by atoms with Crippen molar-refractivity contribution in [2.75, 3.05) is 0 Å². The lowest BCUT2D eigenvalue weighted by Crippen LogP contribution is -2.35. The molecule has 7 nitrogen and oxygen atoms in total. The highest BCUT2D eigenvalue weighted by Crippen LogP contribution is 2.27. The number of carbonyl (C=O) groups excluding carboxylic acids is 1. The molecule has 0 radical (unpaired) electrons. The van der Waals surface area contributed by atoms with Crippen LogP contribution in [0.1, 0.15) is 31.0 Å². The maximum Gasteiger partial charge on any atom is 0.269 e. The zero-order chi connectivity index (χ0) is 19.5. The van der Waals surface area contributed by atoms with E-state index in [0.29, 0.717) is 5.56 Å². The topological polar surface area (TPSA) is 106 Å². The van der Waals surface area contributed by atoms with Crippen molar-refractivity contribution >= 4 is 21.5 Å². The molecule has 0 aliphatic heterocycles. The summed E-state index contributed by atoms with van der Waals surface area (Å²) >= 11 is 0. The predicted octanol–water partition coefficient (Wildman–Crippen LogP) is 3.15. The lowest BCUT2D eigenvalue weighted by atomic mass is 9.92. The summed E-state index contributed by atoms with van der Waals surface area (Å²) in [6.45, 7) is 4.84. The van der Waals surface area contributed by atoms with Gasteiger partial charge in [0.2, 0.25) is 10.0 Å². The van der Waals surface area contributed by atoms with Crippen LogP contribution in [-0.4, -0.2) is 19.1 Å². The average Bonchev–Trinajstić information content (AvgIpc) is 2.59. The quantitative estimate of drug-likeness (QED) is 0.590. The number of Topliss-reactive ketones (excluding diaryl/α,β-unsaturated/α-hetero) is 1. The third kappa shape index (κ3) is 4.53. The van der Waals surface area contributed by atoms with Crippen LogP contribution in [0.5, 0.6) is 0 Å². The molecule has 8 heteroatoms. The molecule has 0 spiro atoms. The van der Waals surface area contributed by atoms with Gasteiger partial charge in [-0.15, -0.1) is 0 Å². The number of nitrogens with one attached hydrogen (secondary N) is 1. The second-order valence-corrected chi connectivity index (χ2v) is 7.87. The van der Waals surface area contributed by atoms with E-state index in [1.54, 1.807) is 19.1 Å². The van der Waals surface area contributed by atoms with Gasteiger partial charge in [-0.1, -0.05) is 36.8 Å². The molecule has 0 unspecified atom stereocenters. The standard InChI is InChI=1S/C18H20N2O5S/c1-12-4-10-17(11-5-12)26(24,25)19-18(13(2)14(3)21)15-6-8-16(9-7-15)20(22)23/h4-11,13,18-19H,1-3H3/t13-,18+/m0/s1. The van der Waals surface area contributed by atoms with Gasteiger partial charge in [-0.2, -0.15) is 0 Å². The fourth-order valence-corrected chi connectivity index (χ4v) is 3.75. The molecule has 138 valence electrons. The number of nitrogens with zero attached hydrogens (tertiary/aromatic N) is 1. The molecule has 0 saturated carbocycles. The maximum absolute atomic E-state index is 12.7. The molecule has 0 fully saturated rings. The van der Waals surface area contributed by atoms with Crippen LogP contribution in [0.4, 0.5) is 5.69 Å². The average molecular weight is 376 g/mol. The largest absolute Gasteiger partial charge is 0.300 e. The first-order valence-corrected chi connectivity index (χ1v) is 9.44. The number of nitro benzene ring substituents is 1. The molecule has 2 rings (SSSR count). The number of hydrogen-bond donors (Lipinski definition) is 1. The summed E-state index contributed by atoms with van der Waals surface area (Å²) in [6.07, 6.45) is 0. The first kappa shape index (κ1) is 19.7. The summed E-state index contributed by atoms with van der Waals surface area (Å²) in [5.74, 6) is -0.836. The van der Waals surface area contributed by atoms with Gasteiger partial charge in [-0.3, -0.25) is 14.9 Å². The van der Waals surface area contributed by atoms with Crippen molar-refractivity contribution in [2.24, 2.45) is 5.92 Å². The van der Waals surface area contributed by atoms with Crippen molar-refractivity contribution in [2.45, 2.75) is 31.7 Å². The maximum atomic E-state index is 12.7. The van der Waals surface area contributed by atoms with Crippen molar-refractivity contribution in [3.8, 4) is 0 Å². The van der Waals surface area contributed by atoms with Gasteiger partial charge in [-0.05, 0) is 31.5 Å². The third-order valence-electron chi connectivity index (χ3n) is 4.22. The van der Waals surface area contributed by atoms with E-state index < -0.39 is 26.9 Å². The molecule has 26 heavy (non-hydrogen) atoms. The summed E-state index contributed by atoms with van der Waals surface area (Å²) in [4.78, 5) is 22.2. The van der Waals surface area contributed by atoms with Crippen LogP contribution >= 0.6 is 0 Å². The van der Waals surface area contributed by atoms with Crippen molar-refractivity contribution in [3.63, 3.8) is 0 Å². The second-order valence-electron chi connectivity index (χ2n) is 6.16. The fourth-order valence-electron chi connectivity index (χ4n) is 2.45. The highest BCUT2D eigenvalue weighted by atomic mass is 32.2. The van der Waals surface area contributed by atoms with Crippen molar-refractivity contribution in [1.82, 2.24) is 4.72 Å². The Morgan fingerprint density at radius 2 is 1.62 bits per heavy atom. The van der Waals surface area contributed by atoms with E-state index in [0.717, 1.165) is 5.56 Å². The number of benzene rings is 2. The number of aryl methyl sites for hydroxylation is 1. The SMILES string of the molecule is CC(=O)[C@H](C)[C@@H](NS(=O)(=O)c1ccc(C)cc1)c1ccc([N+](=O)[O-])cc1. The minimum Gasteiger partial charge on any atom is -0.300 e. The zero-order valence-corrected chi connectivity index (χ0v) is 15.5. The number of ketones is 1. The van der Waals surface area contributed by atoms with E-state index in [2.05, 4.69) is 4.72 Å². The summed E-state index contributed by atoms with van der Waals surface area (Å²) in [5.41, 5.74) is 1.30. The zero-order valence-electron chi connectivity index (χ0n) is 14.7. The van der Waals surface area contributed by atoms with E-state index in [-0.39, 0.29) is 16.4 Å². The molecule has 0 aliphatic rings. The molecule has 0 bridgehead atoms. The molecule has 0 heterocycles. The molecule has 2 aromatic rings. The number of nitro groups is 1. The number of sulfonamides is 1. The van der Waals surface area contributed by atoms with E-state index in [1.165, 1.54) is 43.3 Å². The van der Waals surface area contributed by atoms with E-state index >= 15 is 0 Å². The van der Waals surface area contributed by atoms with Gasteiger partial charge in [0.15, 0.2) is 0 Å². The highest BCUT2D eigenvalue weighted by molar-refractivity contribution is 7.89. The minimum atomic E-state index is -3.87. The molecular weight excluding hydrogens is 356 g/mol. The summed E-state index contributed by atoms with van der Waals surface area (Å²) in [6, 6.07) is 11.0. The Kier molecular flexibility index (Phi) is 5.89. The number of rotatable bonds is 7. The van der Waals surface area contributed by atoms with Crippen molar-refractivity contribution < 1.29 is 18.1 Å². The van der Waals surface area contributed by atoms with Gasteiger partial charge in [0, 0.05) is 18.1 Å². The minimum absolute atomic E-state index is 0.0887. The molecule has 1 N–H and O–H groups in total. The van der Waals surface area contributed by atoms with E-state index in [9.17, 15) is 23.3 Å². The Morgan fingerprint density at radius 3 is 2.08 bits per heavy atom. The third-order valence-corrected chi connectivity index (χ3v) is 5.67. The van der Waals surface area contributed by atoms with Gasteiger partial charge in [0.05, 0.1) is 15.9 Å². The highest BCUT2D eigenvalue weighted by Gasteiger charge is 2.28. The molecule has 0 saturated heterocycles. The summed E-state index contributed by atoms with van der Waals surface area (Å²) in [7, 11) is -3.87. The Labute approximate surface area is 152 Å². The molecule has 0 aromatic heterocycles. The van der Waals surface area contributed by atoms with E-state index in [4.69, 9.17) is 0 Å². The Balaban J connectivity index is 2.40. The van der Waals surface area contributed by atoms with Gasteiger partial charge in [0.25, 0.3) is 5.69 Å². The monoisotopic (exact) mass is 376 g/mol. The smallest absolute Gasteiger partial charge is 0.269 e. The fraction of sp³-hybridized carbons (Fsp3) is 0.278. The van der Waals surface area contributed by atoms with Crippen LogP contribution in [0.3, 0.4) is 0 Å². The number of hydrogen-bond acceptors (Lipinski definition) is 5. The second kappa shape index (κ2) is 7.76. The van der Waals surface area contributed by atoms with Crippen LogP contribution in [-0.2, 0) is 14.8 Å². The van der Waals surface area contributed by atoms with Crippen LogP contribution in [0.2, 0.25) is 0 Å². The predicted molar refractivity (Wildman–Crippen MR) is 97.2 cm³/mol. The number of carbonyl (C=O) groups is 1. The van der Waals surface area contributed by atoms with Crippen molar-refractivity contribution in [3.05, 3.63) is 69.8 Å². The van der Waals surface area contributed by atoms with Crippen LogP contribution < -0.4 is 4.72 Å². The Morgan fingerprint density at radius 1 is 1.08 bits per heavy atom. The van der Waals surface area contributed by atoms with Gasteiger partial charge in [-0.25, -0.2) is 13.1 Å². The van der Waals surface area contributed by atoms with Gasteiger partial charge >= 0.3 is 0 Å². The lowest BCUT2D eigenvalue weighted by molar-refractivity contribution is -0.384. The molecular formula is C18H20N2O5S. The van der Waals surface area contributed by atoms with Crippen LogP contribution in [0.15, 0.2) is 53.4 Å².